The molecule has 2 aromatic heterocycles. The third-order valence-corrected chi connectivity index (χ3v) is 3.27. The monoisotopic (exact) mass is 275 g/mol. The van der Waals surface area contributed by atoms with Crippen LogP contribution in [0.3, 0.4) is 0 Å². The van der Waals surface area contributed by atoms with Gasteiger partial charge in [0, 0.05) is 7.05 Å². The molecule has 1 aliphatic carbocycles. The van der Waals surface area contributed by atoms with Crippen molar-refractivity contribution in [1.82, 2.24) is 29.7 Å². The molecule has 106 valence electrons. The maximum Gasteiger partial charge on any atom is 0.323 e. The second-order valence-corrected chi connectivity index (χ2v) is 4.71. The highest BCUT2D eigenvalue weighted by atomic mass is 16.5. The number of rotatable bonds is 4. The van der Waals surface area contributed by atoms with Crippen molar-refractivity contribution in [2.24, 2.45) is 0 Å². The molecule has 0 radical (unpaired) electrons. The minimum absolute atomic E-state index is 0.194. The lowest BCUT2D eigenvalue weighted by Crippen LogP contribution is -2.21. The van der Waals surface area contributed by atoms with Gasteiger partial charge in [-0.3, -0.25) is 0 Å². The molecule has 0 aromatic carbocycles. The van der Waals surface area contributed by atoms with E-state index in [-0.39, 0.29) is 6.10 Å². The third-order valence-electron chi connectivity index (χ3n) is 3.27. The Labute approximate surface area is 116 Å². The number of hydrogen-bond acceptors (Lipinski definition) is 7. The van der Waals surface area contributed by atoms with E-state index in [1.807, 2.05) is 0 Å². The molecule has 2 aromatic rings. The summed E-state index contributed by atoms with van der Waals surface area (Å²) in [5.41, 5.74) is 0. The molecular formula is C12H17N7O. The molecule has 2 heterocycles. The lowest BCUT2D eigenvalue weighted by molar-refractivity contribution is 0.141. The summed E-state index contributed by atoms with van der Waals surface area (Å²) < 4.78 is 7.36. The predicted octanol–water partition coefficient (Wildman–Crippen LogP) is 1.21. The van der Waals surface area contributed by atoms with E-state index < -0.39 is 0 Å². The number of nitrogens with one attached hydrogen (secondary N) is 1. The molecule has 0 spiro atoms. The van der Waals surface area contributed by atoms with E-state index in [0.717, 1.165) is 12.8 Å². The number of nitrogens with zero attached hydrogens (tertiary/aromatic N) is 6. The molecule has 8 heteroatoms. The highest BCUT2D eigenvalue weighted by Gasteiger charge is 2.17. The van der Waals surface area contributed by atoms with E-state index in [0.29, 0.717) is 17.9 Å². The second kappa shape index (κ2) is 5.81. The molecule has 0 aliphatic heterocycles. The molecule has 8 nitrogen and oxygen atoms in total. The summed E-state index contributed by atoms with van der Waals surface area (Å²) >= 11 is 0. The van der Waals surface area contributed by atoms with Gasteiger partial charge in [-0.05, 0) is 25.7 Å². The van der Waals surface area contributed by atoms with E-state index in [1.54, 1.807) is 13.4 Å². The Morgan fingerprint density at radius 1 is 1.20 bits per heavy atom. The van der Waals surface area contributed by atoms with Crippen molar-refractivity contribution in [1.29, 1.82) is 0 Å². The van der Waals surface area contributed by atoms with Gasteiger partial charge in [0.25, 0.3) is 5.95 Å². The van der Waals surface area contributed by atoms with Gasteiger partial charge in [-0.25, -0.2) is 4.98 Å². The maximum absolute atomic E-state index is 5.87. The summed E-state index contributed by atoms with van der Waals surface area (Å²) in [6, 6.07) is 0.335. The zero-order valence-electron chi connectivity index (χ0n) is 11.4. The van der Waals surface area contributed by atoms with E-state index >= 15 is 0 Å². The molecule has 1 saturated carbocycles. The topological polar surface area (TPSA) is 90.6 Å². The summed E-state index contributed by atoms with van der Waals surface area (Å²) in [5.74, 6) is 0.851. The number of ether oxygens (including phenoxy) is 1. The average Bonchev–Trinajstić information content (AvgIpc) is 3.02. The van der Waals surface area contributed by atoms with Crippen LogP contribution in [0.2, 0.25) is 0 Å². The Morgan fingerprint density at radius 3 is 2.75 bits per heavy atom. The van der Waals surface area contributed by atoms with E-state index in [4.69, 9.17) is 4.74 Å². The number of hydrogen-bond donors (Lipinski definition) is 1. The summed E-state index contributed by atoms with van der Waals surface area (Å²) in [6.07, 6.45) is 8.96. The molecule has 0 saturated heterocycles. The first-order chi connectivity index (χ1) is 9.85. The van der Waals surface area contributed by atoms with Gasteiger partial charge in [0.15, 0.2) is 0 Å². The number of anilines is 1. The normalized spacial score (nSPS) is 16.1. The molecule has 1 N–H and O–H groups in total. The first kappa shape index (κ1) is 12.8. The van der Waals surface area contributed by atoms with Crippen LogP contribution >= 0.6 is 0 Å². The lowest BCUT2D eigenvalue weighted by atomic mass is 9.98. The van der Waals surface area contributed by atoms with Crippen molar-refractivity contribution in [2.75, 3.05) is 12.4 Å². The molecule has 3 rings (SSSR count). The van der Waals surface area contributed by atoms with E-state index in [9.17, 15) is 0 Å². The molecule has 1 aliphatic rings. The Kier molecular flexibility index (Phi) is 3.71. The molecular weight excluding hydrogens is 258 g/mol. The summed E-state index contributed by atoms with van der Waals surface area (Å²) in [4.78, 5) is 16.7. The van der Waals surface area contributed by atoms with Crippen molar-refractivity contribution in [3.8, 4) is 12.0 Å². The lowest BCUT2D eigenvalue weighted by Gasteiger charge is -2.21. The van der Waals surface area contributed by atoms with E-state index in [2.05, 4.69) is 30.4 Å². The molecule has 0 bridgehead atoms. The van der Waals surface area contributed by atoms with Crippen LogP contribution in [-0.2, 0) is 0 Å². The Hall–Kier alpha value is -2.25. The second-order valence-electron chi connectivity index (χ2n) is 4.71. The standard InChI is InChI=1S/C12H17N7O/c1-13-10-16-11(19-8-14-7-15-19)18-12(17-10)20-9-5-3-2-4-6-9/h7-9H,2-6H2,1H3,(H,13,16,17,18). The first-order valence-corrected chi connectivity index (χ1v) is 6.80. The molecule has 0 atom stereocenters. The Balaban J connectivity index is 1.84. The van der Waals surface area contributed by atoms with Crippen molar-refractivity contribution >= 4 is 5.95 Å². The van der Waals surface area contributed by atoms with Crippen LogP contribution in [0.1, 0.15) is 32.1 Å². The van der Waals surface area contributed by atoms with Crippen LogP contribution in [0, 0.1) is 0 Å². The average molecular weight is 275 g/mol. The minimum atomic E-state index is 0.194. The van der Waals surface area contributed by atoms with Gasteiger partial charge < -0.3 is 10.1 Å². The predicted molar refractivity (Wildman–Crippen MR) is 71.8 cm³/mol. The van der Waals surface area contributed by atoms with Crippen molar-refractivity contribution in [3.05, 3.63) is 12.7 Å². The third kappa shape index (κ3) is 2.84. The van der Waals surface area contributed by atoms with Gasteiger partial charge in [-0.2, -0.15) is 24.7 Å². The molecule has 0 amide bonds. The highest BCUT2D eigenvalue weighted by molar-refractivity contribution is 5.28. The van der Waals surface area contributed by atoms with Crippen molar-refractivity contribution < 1.29 is 4.74 Å². The van der Waals surface area contributed by atoms with Gasteiger partial charge in [0.1, 0.15) is 18.8 Å². The van der Waals surface area contributed by atoms with Gasteiger partial charge >= 0.3 is 6.01 Å². The SMILES string of the molecule is CNc1nc(OC2CCCCC2)nc(-n2cncn2)n1. The highest BCUT2D eigenvalue weighted by Crippen LogP contribution is 2.22. The van der Waals surface area contributed by atoms with Gasteiger partial charge in [-0.15, -0.1) is 0 Å². The fraction of sp³-hybridized carbons (Fsp3) is 0.583. The summed E-state index contributed by atoms with van der Waals surface area (Å²) in [7, 11) is 1.75. The molecule has 1 fully saturated rings. The molecule has 20 heavy (non-hydrogen) atoms. The van der Waals surface area contributed by atoms with Crippen molar-refractivity contribution in [3.63, 3.8) is 0 Å². The first-order valence-electron chi connectivity index (χ1n) is 6.80. The van der Waals surface area contributed by atoms with Crippen LogP contribution in [0.25, 0.3) is 5.95 Å². The zero-order valence-corrected chi connectivity index (χ0v) is 11.4. The minimum Gasteiger partial charge on any atom is -0.460 e. The van der Waals surface area contributed by atoms with Gasteiger partial charge in [-0.1, -0.05) is 6.42 Å². The Bertz CT molecular complexity index is 551. The fourth-order valence-corrected chi connectivity index (χ4v) is 2.26. The summed E-state index contributed by atoms with van der Waals surface area (Å²) in [6.45, 7) is 0. The van der Waals surface area contributed by atoms with Gasteiger partial charge in [0.05, 0.1) is 0 Å². The van der Waals surface area contributed by atoms with E-state index in [1.165, 1.54) is 30.3 Å². The van der Waals surface area contributed by atoms with Crippen LogP contribution in [0.15, 0.2) is 12.7 Å². The van der Waals surface area contributed by atoms with Crippen LogP contribution in [0.4, 0.5) is 5.95 Å². The maximum atomic E-state index is 5.87. The Morgan fingerprint density at radius 2 is 2.05 bits per heavy atom. The van der Waals surface area contributed by atoms with Gasteiger partial charge in [0.2, 0.25) is 5.95 Å². The van der Waals surface area contributed by atoms with Crippen LogP contribution in [0.5, 0.6) is 6.01 Å². The van der Waals surface area contributed by atoms with Crippen molar-refractivity contribution in [2.45, 2.75) is 38.2 Å². The largest absolute Gasteiger partial charge is 0.460 e. The smallest absolute Gasteiger partial charge is 0.323 e. The molecule has 0 unspecified atom stereocenters. The van der Waals surface area contributed by atoms with Crippen LogP contribution in [-0.4, -0.2) is 42.9 Å². The number of aromatic nitrogens is 6. The quantitative estimate of drug-likeness (QED) is 0.896. The van der Waals surface area contributed by atoms with Crippen LogP contribution < -0.4 is 10.1 Å². The fourth-order valence-electron chi connectivity index (χ4n) is 2.26. The zero-order chi connectivity index (χ0) is 13.8. The summed E-state index contributed by atoms with van der Waals surface area (Å²) in [5, 5.41) is 6.92.